The number of aromatic nitrogens is 1. The van der Waals surface area contributed by atoms with Crippen molar-refractivity contribution in [2.75, 3.05) is 27.1 Å². The molecule has 0 atom stereocenters. The summed E-state index contributed by atoms with van der Waals surface area (Å²) in [5.74, 6) is 1.01. The summed E-state index contributed by atoms with van der Waals surface area (Å²) >= 11 is 1.43. The predicted octanol–water partition coefficient (Wildman–Crippen LogP) is 3.11. The van der Waals surface area contributed by atoms with Gasteiger partial charge >= 0.3 is 5.97 Å². The van der Waals surface area contributed by atoms with Crippen molar-refractivity contribution in [1.82, 2.24) is 4.98 Å². The first-order chi connectivity index (χ1) is 13.0. The molecule has 142 valence electrons. The maximum atomic E-state index is 11.0. The molecular formula is C19H20N2O5S. The van der Waals surface area contributed by atoms with Gasteiger partial charge in [-0.15, -0.1) is 0 Å². The van der Waals surface area contributed by atoms with E-state index in [0.717, 1.165) is 22.1 Å². The number of nitrogen functional groups attached to an aromatic ring is 1. The van der Waals surface area contributed by atoms with E-state index in [4.69, 9.17) is 15.2 Å². The van der Waals surface area contributed by atoms with Gasteiger partial charge in [0.05, 0.1) is 37.1 Å². The second kappa shape index (κ2) is 9.54. The number of aldehydes is 1. The zero-order chi connectivity index (χ0) is 19.8. The average molecular weight is 388 g/mol. The third kappa shape index (κ3) is 5.18. The van der Waals surface area contributed by atoms with E-state index in [1.54, 1.807) is 38.5 Å². The number of anilines is 1. The number of thiazole rings is 1. The number of fused-ring (bicyclic) bond motifs is 1. The Morgan fingerprint density at radius 3 is 2.30 bits per heavy atom. The molecule has 0 amide bonds. The van der Waals surface area contributed by atoms with Crippen molar-refractivity contribution in [2.45, 2.75) is 6.42 Å². The molecule has 1 aromatic heterocycles. The fraction of sp³-hybridized carbons (Fsp3) is 0.211. The maximum absolute atomic E-state index is 11.0. The van der Waals surface area contributed by atoms with Crippen LogP contribution in [0.25, 0.3) is 10.2 Å². The Morgan fingerprint density at radius 1 is 1.11 bits per heavy atom. The lowest BCUT2D eigenvalue weighted by atomic mass is 10.1. The van der Waals surface area contributed by atoms with E-state index >= 15 is 0 Å². The minimum atomic E-state index is -0.363. The Bertz CT molecular complexity index is 881. The first kappa shape index (κ1) is 20.2. The number of nitrogens with two attached hydrogens (primary N) is 1. The summed E-state index contributed by atoms with van der Waals surface area (Å²) in [6.45, 7) is 0. The molecule has 27 heavy (non-hydrogen) atoms. The first-order valence-electron chi connectivity index (χ1n) is 7.91. The SMILES string of the molecule is COC(=O)c1ccc(CC=O)cc1.COc1cc2nc(N)sc2cc1OC. The van der Waals surface area contributed by atoms with Crippen molar-refractivity contribution in [3.05, 3.63) is 47.5 Å². The molecule has 0 saturated heterocycles. The number of methoxy groups -OCH3 is 3. The van der Waals surface area contributed by atoms with Crippen molar-refractivity contribution >= 4 is 38.9 Å². The topological polar surface area (TPSA) is 101 Å². The van der Waals surface area contributed by atoms with Gasteiger partial charge in [-0.25, -0.2) is 9.78 Å². The van der Waals surface area contributed by atoms with Gasteiger partial charge in [0, 0.05) is 18.6 Å². The van der Waals surface area contributed by atoms with Crippen LogP contribution in [-0.4, -0.2) is 38.6 Å². The van der Waals surface area contributed by atoms with E-state index in [-0.39, 0.29) is 5.97 Å². The fourth-order valence-electron chi connectivity index (χ4n) is 2.26. The van der Waals surface area contributed by atoms with Crippen LogP contribution in [-0.2, 0) is 16.0 Å². The van der Waals surface area contributed by atoms with Crippen molar-refractivity contribution in [1.29, 1.82) is 0 Å². The van der Waals surface area contributed by atoms with E-state index in [1.807, 2.05) is 12.1 Å². The molecule has 7 nitrogen and oxygen atoms in total. The molecule has 0 fully saturated rings. The van der Waals surface area contributed by atoms with Crippen molar-refractivity contribution in [3.8, 4) is 11.5 Å². The van der Waals surface area contributed by atoms with E-state index in [1.165, 1.54) is 18.4 Å². The predicted molar refractivity (Wildman–Crippen MR) is 105 cm³/mol. The molecule has 1 heterocycles. The lowest BCUT2D eigenvalue weighted by Gasteiger charge is -2.05. The van der Waals surface area contributed by atoms with Crippen molar-refractivity contribution < 1.29 is 23.8 Å². The number of hydrogen-bond acceptors (Lipinski definition) is 8. The molecule has 3 aromatic rings. The number of carbonyl (C=O) groups excluding carboxylic acids is 2. The molecule has 8 heteroatoms. The summed E-state index contributed by atoms with van der Waals surface area (Å²) < 4.78 is 15.8. The highest BCUT2D eigenvalue weighted by Crippen LogP contribution is 2.35. The molecule has 3 rings (SSSR count). The Balaban J connectivity index is 0.000000194. The second-order valence-corrected chi connectivity index (χ2v) is 6.35. The fourth-order valence-corrected chi connectivity index (χ4v) is 3.01. The van der Waals surface area contributed by atoms with Gasteiger partial charge in [0.1, 0.15) is 6.29 Å². The van der Waals surface area contributed by atoms with Crippen LogP contribution in [0.3, 0.4) is 0 Å². The summed E-state index contributed by atoms with van der Waals surface area (Å²) in [5, 5.41) is 0.551. The van der Waals surface area contributed by atoms with Crippen LogP contribution in [0, 0.1) is 0 Å². The molecule has 0 bridgehead atoms. The van der Waals surface area contributed by atoms with Crippen LogP contribution in [0.1, 0.15) is 15.9 Å². The van der Waals surface area contributed by atoms with E-state index in [0.29, 0.717) is 28.6 Å². The number of hydrogen-bond donors (Lipinski definition) is 1. The minimum absolute atomic E-state index is 0.363. The van der Waals surface area contributed by atoms with Gasteiger partial charge in [-0.05, 0) is 17.7 Å². The zero-order valence-electron chi connectivity index (χ0n) is 15.2. The molecule has 2 aromatic carbocycles. The van der Waals surface area contributed by atoms with Gasteiger partial charge in [-0.1, -0.05) is 23.5 Å². The third-order valence-corrected chi connectivity index (χ3v) is 4.45. The normalized spacial score (nSPS) is 9.89. The Morgan fingerprint density at radius 2 is 1.74 bits per heavy atom. The van der Waals surface area contributed by atoms with Crippen LogP contribution in [0.2, 0.25) is 0 Å². The van der Waals surface area contributed by atoms with E-state index in [9.17, 15) is 9.59 Å². The molecule has 0 unspecified atom stereocenters. The average Bonchev–Trinajstić information content (AvgIpc) is 3.06. The van der Waals surface area contributed by atoms with Crippen LogP contribution < -0.4 is 15.2 Å². The molecule has 0 spiro atoms. The number of carbonyl (C=O) groups is 2. The summed E-state index contributed by atoms with van der Waals surface area (Å²) in [7, 11) is 4.54. The van der Waals surface area contributed by atoms with Gasteiger partial charge in [0.15, 0.2) is 16.6 Å². The lowest BCUT2D eigenvalue weighted by Crippen LogP contribution is -2.00. The molecule has 0 aliphatic carbocycles. The molecule has 0 aliphatic rings. The standard InChI is InChI=1S/C10H10O3.C9H10N2O2S/c1-13-10(12)9-4-2-8(3-5-9)6-7-11;1-12-6-3-5-8(4-7(6)13-2)14-9(10)11-5/h2-5,7H,6H2,1H3;3-4H,1-2H3,(H2,10,11). The Hall–Kier alpha value is -3.13. The minimum Gasteiger partial charge on any atom is -0.493 e. The van der Waals surface area contributed by atoms with Gasteiger partial charge < -0.3 is 24.7 Å². The number of benzene rings is 2. The number of ether oxygens (including phenoxy) is 3. The Labute approximate surface area is 160 Å². The molecule has 2 N–H and O–H groups in total. The number of esters is 1. The molecular weight excluding hydrogens is 368 g/mol. The summed E-state index contributed by atoms with van der Waals surface area (Å²) in [6, 6.07) is 10.5. The second-order valence-electron chi connectivity index (χ2n) is 5.29. The molecule has 0 aliphatic heterocycles. The summed E-state index contributed by atoms with van der Waals surface area (Å²) in [5.41, 5.74) is 7.83. The highest BCUT2D eigenvalue weighted by atomic mass is 32.1. The lowest BCUT2D eigenvalue weighted by molar-refractivity contribution is -0.107. The van der Waals surface area contributed by atoms with E-state index in [2.05, 4.69) is 9.72 Å². The number of rotatable bonds is 5. The van der Waals surface area contributed by atoms with Crippen molar-refractivity contribution in [3.63, 3.8) is 0 Å². The first-order valence-corrected chi connectivity index (χ1v) is 8.73. The smallest absolute Gasteiger partial charge is 0.337 e. The molecule has 0 saturated carbocycles. The van der Waals surface area contributed by atoms with Crippen molar-refractivity contribution in [2.24, 2.45) is 0 Å². The number of nitrogens with zero attached hydrogens (tertiary/aromatic N) is 1. The van der Waals surface area contributed by atoms with Crippen LogP contribution in [0.4, 0.5) is 5.13 Å². The summed E-state index contributed by atoms with van der Waals surface area (Å²) in [4.78, 5) is 25.3. The van der Waals surface area contributed by atoms with Crippen LogP contribution in [0.15, 0.2) is 36.4 Å². The van der Waals surface area contributed by atoms with E-state index < -0.39 is 0 Å². The van der Waals surface area contributed by atoms with Gasteiger partial charge in [-0.3, -0.25) is 0 Å². The zero-order valence-corrected chi connectivity index (χ0v) is 16.0. The monoisotopic (exact) mass is 388 g/mol. The third-order valence-electron chi connectivity index (χ3n) is 3.60. The van der Waals surface area contributed by atoms with Gasteiger partial charge in [0.2, 0.25) is 0 Å². The highest BCUT2D eigenvalue weighted by molar-refractivity contribution is 7.22. The highest BCUT2D eigenvalue weighted by Gasteiger charge is 2.08. The Kier molecular flexibility index (Phi) is 7.13. The maximum Gasteiger partial charge on any atom is 0.337 e. The molecule has 0 radical (unpaired) electrons. The summed E-state index contributed by atoms with van der Waals surface area (Å²) in [6.07, 6.45) is 1.20. The largest absolute Gasteiger partial charge is 0.493 e. The quantitative estimate of drug-likeness (QED) is 0.529. The van der Waals surface area contributed by atoms with Gasteiger partial charge in [0.25, 0.3) is 0 Å². The van der Waals surface area contributed by atoms with Gasteiger partial charge in [-0.2, -0.15) is 0 Å². The van der Waals surface area contributed by atoms with Crippen LogP contribution >= 0.6 is 11.3 Å². The van der Waals surface area contributed by atoms with Crippen LogP contribution in [0.5, 0.6) is 11.5 Å².